The third-order valence-corrected chi connectivity index (χ3v) is 2.82. The molecule has 1 aromatic carbocycles. The van der Waals surface area contributed by atoms with Gasteiger partial charge in [0.1, 0.15) is 0 Å². The highest BCUT2D eigenvalue weighted by Gasteiger charge is 2.10. The molecule has 1 aliphatic heterocycles. The number of hydrogen-bond acceptors (Lipinski definition) is 1. The molecule has 0 saturated heterocycles. The molecule has 0 saturated carbocycles. The van der Waals surface area contributed by atoms with E-state index in [9.17, 15) is 0 Å². The molecule has 0 bridgehead atoms. The van der Waals surface area contributed by atoms with Crippen LogP contribution < -0.4 is 4.90 Å². The van der Waals surface area contributed by atoms with E-state index < -0.39 is 0 Å². The van der Waals surface area contributed by atoms with Crippen LogP contribution in [0.4, 0.5) is 5.69 Å². The zero-order valence-electron chi connectivity index (χ0n) is 9.12. The van der Waals surface area contributed by atoms with Crippen molar-refractivity contribution in [2.45, 2.75) is 26.2 Å². The minimum absolute atomic E-state index is 0.611. The third-order valence-electron chi connectivity index (χ3n) is 2.82. The SMILES string of the molecule is CC(C)c1ccc2c(c1)N(C)C=CC2. The summed E-state index contributed by atoms with van der Waals surface area (Å²) < 4.78 is 0. The molecule has 0 aromatic heterocycles. The van der Waals surface area contributed by atoms with Gasteiger partial charge in [-0.05, 0) is 29.5 Å². The van der Waals surface area contributed by atoms with Crippen LogP contribution in [0.3, 0.4) is 0 Å². The van der Waals surface area contributed by atoms with Crippen molar-refractivity contribution in [2.75, 3.05) is 11.9 Å². The first-order valence-electron chi connectivity index (χ1n) is 5.21. The predicted molar refractivity (Wildman–Crippen MR) is 61.8 cm³/mol. The third kappa shape index (κ3) is 1.54. The van der Waals surface area contributed by atoms with Gasteiger partial charge in [0.2, 0.25) is 0 Å². The molecule has 1 nitrogen and oxygen atoms in total. The molecular formula is C13H17N. The summed E-state index contributed by atoms with van der Waals surface area (Å²) in [6.07, 6.45) is 5.42. The number of benzene rings is 1. The molecule has 0 fully saturated rings. The second-order valence-electron chi connectivity index (χ2n) is 4.24. The van der Waals surface area contributed by atoms with E-state index in [1.165, 1.54) is 16.8 Å². The molecule has 1 aromatic rings. The monoisotopic (exact) mass is 187 g/mol. The van der Waals surface area contributed by atoms with Gasteiger partial charge in [0.05, 0.1) is 0 Å². The predicted octanol–water partition coefficient (Wildman–Crippen LogP) is 3.32. The van der Waals surface area contributed by atoms with Crippen molar-refractivity contribution < 1.29 is 0 Å². The lowest BCUT2D eigenvalue weighted by Gasteiger charge is -2.23. The quantitative estimate of drug-likeness (QED) is 0.652. The van der Waals surface area contributed by atoms with Crippen molar-refractivity contribution in [1.29, 1.82) is 0 Å². The maximum atomic E-state index is 2.31. The molecule has 2 rings (SSSR count). The first-order chi connectivity index (χ1) is 6.68. The zero-order valence-corrected chi connectivity index (χ0v) is 9.12. The van der Waals surface area contributed by atoms with Gasteiger partial charge in [0, 0.05) is 18.9 Å². The van der Waals surface area contributed by atoms with E-state index in [4.69, 9.17) is 0 Å². The van der Waals surface area contributed by atoms with Crippen molar-refractivity contribution >= 4 is 5.69 Å². The van der Waals surface area contributed by atoms with Gasteiger partial charge in [-0.1, -0.05) is 32.1 Å². The molecule has 0 aliphatic carbocycles. The molecule has 0 radical (unpaired) electrons. The molecule has 1 heteroatoms. The first kappa shape index (κ1) is 9.32. The average molecular weight is 187 g/mol. The Morgan fingerprint density at radius 1 is 1.29 bits per heavy atom. The first-order valence-corrected chi connectivity index (χ1v) is 5.21. The highest BCUT2D eigenvalue weighted by Crippen LogP contribution is 2.28. The van der Waals surface area contributed by atoms with Gasteiger partial charge in [-0.2, -0.15) is 0 Å². The second-order valence-corrected chi connectivity index (χ2v) is 4.24. The number of nitrogens with zero attached hydrogens (tertiary/aromatic N) is 1. The van der Waals surface area contributed by atoms with E-state index in [1.807, 2.05) is 0 Å². The van der Waals surface area contributed by atoms with E-state index in [0.717, 1.165) is 6.42 Å². The summed E-state index contributed by atoms with van der Waals surface area (Å²) in [7, 11) is 2.11. The largest absolute Gasteiger partial charge is 0.351 e. The normalized spacial score (nSPS) is 14.7. The highest BCUT2D eigenvalue weighted by atomic mass is 15.1. The number of rotatable bonds is 1. The van der Waals surface area contributed by atoms with Crippen LogP contribution in [0.15, 0.2) is 30.5 Å². The molecule has 0 N–H and O–H groups in total. The van der Waals surface area contributed by atoms with Crippen LogP contribution in [0.5, 0.6) is 0 Å². The van der Waals surface area contributed by atoms with Crippen molar-refractivity contribution in [3.05, 3.63) is 41.6 Å². The summed E-state index contributed by atoms with van der Waals surface area (Å²) in [5.74, 6) is 0.611. The van der Waals surface area contributed by atoms with E-state index in [-0.39, 0.29) is 0 Å². The maximum absolute atomic E-state index is 2.31. The van der Waals surface area contributed by atoms with Gasteiger partial charge in [-0.25, -0.2) is 0 Å². The Balaban J connectivity index is 2.44. The summed E-state index contributed by atoms with van der Waals surface area (Å²) in [5.41, 5.74) is 4.21. The van der Waals surface area contributed by atoms with E-state index in [0.29, 0.717) is 5.92 Å². The van der Waals surface area contributed by atoms with E-state index in [1.54, 1.807) is 0 Å². The van der Waals surface area contributed by atoms with Crippen molar-refractivity contribution in [3.8, 4) is 0 Å². The van der Waals surface area contributed by atoms with Crippen LogP contribution in [0.1, 0.15) is 30.9 Å². The lowest BCUT2D eigenvalue weighted by atomic mass is 9.97. The van der Waals surface area contributed by atoms with Gasteiger partial charge in [0.15, 0.2) is 0 Å². The fourth-order valence-corrected chi connectivity index (χ4v) is 1.86. The molecule has 0 spiro atoms. The Labute approximate surface area is 86.1 Å². The fourth-order valence-electron chi connectivity index (χ4n) is 1.86. The Kier molecular flexibility index (Phi) is 2.32. The average Bonchev–Trinajstić information content (AvgIpc) is 2.18. The van der Waals surface area contributed by atoms with Gasteiger partial charge in [0.25, 0.3) is 0 Å². The fraction of sp³-hybridized carbons (Fsp3) is 0.385. The van der Waals surface area contributed by atoms with Crippen molar-refractivity contribution in [2.24, 2.45) is 0 Å². The minimum Gasteiger partial charge on any atom is -0.351 e. The Morgan fingerprint density at radius 2 is 2.07 bits per heavy atom. The lowest BCUT2D eigenvalue weighted by Crippen LogP contribution is -2.14. The van der Waals surface area contributed by atoms with Gasteiger partial charge < -0.3 is 4.90 Å². The van der Waals surface area contributed by atoms with Gasteiger partial charge >= 0.3 is 0 Å². The number of allylic oxidation sites excluding steroid dienone is 1. The Hall–Kier alpha value is -1.24. The van der Waals surface area contributed by atoms with Crippen molar-refractivity contribution in [3.63, 3.8) is 0 Å². The standard InChI is InChI=1S/C13H17N/c1-10(2)12-7-6-11-5-4-8-14(3)13(11)9-12/h4,6-10H,5H2,1-3H3. The minimum atomic E-state index is 0.611. The summed E-state index contributed by atoms with van der Waals surface area (Å²) in [4.78, 5) is 2.20. The van der Waals surface area contributed by atoms with Gasteiger partial charge in [-0.3, -0.25) is 0 Å². The number of fused-ring (bicyclic) bond motifs is 1. The molecule has 1 aliphatic rings. The van der Waals surface area contributed by atoms with Crippen molar-refractivity contribution in [1.82, 2.24) is 0 Å². The topological polar surface area (TPSA) is 3.24 Å². The smallest absolute Gasteiger partial charge is 0.0441 e. The molecular weight excluding hydrogens is 170 g/mol. The number of anilines is 1. The summed E-state index contributed by atoms with van der Waals surface area (Å²) >= 11 is 0. The molecule has 14 heavy (non-hydrogen) atoms. The van der Waals surface area contributed by atoms with Crippen LogP contribution in [-0.4, -0.2) is 7.05 Å². The van der Waals surface area contributed by atoms with E-state index >= 15 is 0 Å². The van der Waals surface area contributed by atoms with Crippen LogP contribution in [0.2, 0.25) is 0 Å². The molecule has 0 unspecified atom stereocenters. The lowest BCUT2D eigenvalue weighted by molar-refractivity contribution is 0.863. The highest BCUT2D eigenvalue weighted by molar-refractivity contribution is 5.60. The summed E-state index contributed by atoms with van der Waals surface area (Å²) in [6.45, 7) is 4.47. The van der Waals surface area contributed by atoms with Crippen LogP contribution in [-0.2, 0) is 6.42 Å². The molecule has 0 atom stereocenters. The molecule has 74 valence electrons. The van der Waals surface area contributed by atoms with Crippen LogP contribution >= 0.6 is 0 Å². The van der Waals surface area contributed by atoms with Gasteiger partial charge in [-0.15, -0.1) is 0 Å². The molecule has 0 amide bonds. The summed E-state index contributed by atoms with van der Waals surface area (Å²) in [6, 6.07) is 6.81. The van der Waals surface area contributed by atoms with Crippen LogP contribution in [0.25, 0.3) is 0 Å². The Bertz CT molecular complexity index is 363. The summed E-state index contributed by atoms with van der Waals surface area (Å²) in [5, 5.41) is 0. The second kappa shape index (κ2) is 3.49. The maximum Gasteiger partial charge on any atom is 0.0441 e. The zero-order chi connectivity index (χ0) is 10.1. The number of hydrogen-bond donors (Lipinski definition) is 0. The Morgan fingerprint density at radius 3 is 2.79 bits per heavy atom. The van der Waals surface area contributed by atoms with E-state index in [2.05, 4.69) is 56.3 Å². The molecule has 1 heterocycles. The van der Waals surface area contributed by atoms with Crippen LogP contribution in [0, 0.1) is 0 Å².